The number of ketones is 1. The molecular formula is C20H25ClN2O3. The Labute approximate surface area is 159 Å². The molecule has 2 aromatic rings. The Bertz CT molecular complexity index is 822. The fourth-order valence-electron chi connectivity index (χ4n) is 2.36. The Morgan fingerprint density at radius 2 is 1.62 bits per heavy atom. The van der Waals surface area contributed by atoms with Crippen LogP contribution in [-0.4, -0.2) is 21.1 Å². The second-order valence-corrected chi connectivity index (χ2v) is 8.78. The van der Waals surface area contributed by atoms with E-state index in [9.17, 15) is 9.90 Å². The van der Waals surface area contributed by atoms with Crippen molar-refractivity contribution < 1.29 is 14.3 Å². The predicted molar refractivity (Wildman–Crippen MR) is 102 cm³/mol. The van der Waals surface area contributed by atoms with E-state index in [-0.39, 0.29) is 23.9 Å². The molecular weight excluding hydrogens is 352 g/mol. The number of nitrogens with zero attached hydrogens (tertiary/aromatic N) is 2. The van der Waals surface area contributed by atoms with Crippen molar-refractivity contribution in [1.29, 1.82) is 0 Å². The number of halogens is 1. The van der Waals surface area contributed by atoms with Crippen LogP contribution in [0, 0.1) is 10.8 Å². The molecule has 6 heteroatoms. The molecule has 2 rings (SSSR count). The van der Waals surface area contributed by atoms with Crippen molar-refractivity contribution in [2.75, 3.05) is 0 Å². The Kier molecular flexibility index (Phi) is 5.61. The lowest BCUT2D eigenvalue weighted by Gasteiger charge is -2.24. The van der Waals surface area contributed by atoms with Crippen molar-refractivity contribution in [2.24, 2.45) is 10.8 Å². The molecule has 0 aliphatic rings. The largest absolute Gasteiger partial charge is 0.511 e. The van der Waals surface area contributed by atoms with E-state index in [2.05, 4.69) is 10.2 Å². The highest BCUT2D eigenvalue weighted by molar-refractivity contribution is 6.30. The molecule has 0 fully saturated rings. The number of rotatable bonds is 4. The first-order chi connectivity index (χ1) is 11.9. The molecule has 5 nitrogen and oxygen atoms in total. The molecule has 0 unspecified atom stereocenters. The van der Waals surface area contributed by atoms with Crippen LogP contribution in [0.2, 0.25) is 5.02 Å². The number of aliphatic hydroxyl groups excluding tert-OH is 1. The van der Waals surface area contributed by atoms with E-state index in [1.165, 1.54) is 0 Å². The minimum Gasteiger partial charge on any atom is -0.511 e. The molecule has 0 aliphatic carbocycles. The van der Waals surface area contributed by atoms with Gasteiger partial charge in [0.2, 0.25) is 11.8 Å². The Balaban J connectivity index is 2.38. The number of hydrogen-bond acceptors (Lipinski definition) is 5. The third kappa shape index (κ3) is 4.73. The van der Waals surface area contributed by atoms with Crippen LogP contribution >= 0.6 is 11.6 Å². The monoisotopic (exact) mass is 376 g/mol. The summed E-state index contributed by atoms with van der Waals surface area (Å²) in [6.45, 7) is 11.0. The maximum absolute atomic E-state index is 12.8. The van der Waals surface area contributed by atoms with Gasteiger partial charge in [-0.25, -0.2) is 0 Å². The summed E-state index contributed by atoms with van der Waals surface area (Å²) in [6.07, 6.45) is 0.0831. The van der Waals surface area contributed by atoms with Crippen molar-refractivity contribution in [3.63, 3.8) is 0 Å². The van der Waals surface area contributed by atoms with Gasteiger partial charge in [-0.05, 0) is 24.3 Å². The smallest absolute Gasteiger partial charge is 0.247 e. The molecule has 140 valence electrons. The van der Waals surface area contributed by atoms with Crippen molar-refractivity contribution in [2.45, 2.75) is 48.0 Å². The first-order valence-corrected chi connectivity index (χ1v) is 8.83. The zero-order valence-electron chi connectivity index (χ0n) is 16.1. The van der Waals surface area contributed by atoms with Gasteiger partial charge < -0.3 is 9.52 Å². The van der Waals surface area contributed by atoms with Crippen LogP contribution < -0.4 is 0 Å². The Morgan fingerprint density at radius 3 is 2.12 bits per heavy atom. The second kappa shape index (κ2) is 7.23. The summed E-state index contributed by atoms with van der Waals surface area (Å²) in [5.74, 6) is 0.521. The van der Waals surface area contributed by atoms with Gasteiger partial charge >= 0.3 is 0 Å². The highest BCUT2D eigenvalue weighted by atomic mass is 35.5. The molecule has 0 atom stereocenters. The topological polar surface area (TPSA) is 76.2 Å². The quantitative estimate of drug-likeness (QED) is 0.570. The van der Waals surface area contributed by atoms with E-state index < -0.39 is 10.8 Å². The summed E-state index contributed by atoms with van der Waals surface area (Å²) in [7, 11) is 0. The molecule has 0 saturated heterocycles. The second-order valence-electron chi connectivity index (χ2n) is 8.34. The van der Waals surface area contributed by atoms with Gasteiger partial charge in [0.1, 0.15) is 5.76 Å². The summed E-state index contributed by atoms with van der Waals surface area (Å²) in [5, 5.41) is 19.3. The summed E-state index contributed by atoms with van der Waals surface area (Å²) < 4.78 is 5.70. The number of aromatic nitrogens is 2. The van der Waals surface area contributed by atoms with Gasteiger partial charge in [0.05, 0.1) is 6.42 Å². The number of aliphatic hydroxyl groups is 1. The molecule has 1 heterocycles. The molecule has 0 radical (unpaired) electrons. The van der Waals surface area contributed by atoms with Crippen LogP contribution in [0.3, 0.4) is 0 Å². The number of benzene rings is 1. The van der Waals surface area contributed by atoms with E-state index in [1.54, 1.807) is 24.3 Å². The molecule has 0 amide bonds. The molecule has 1 aromatic heterocycles. The van der Waals surface area contributed by atoms with Crippen molar-refractivity contribution >= 4 is 17.4 Å². The van der Waals surface area contributed by atoms with E-state index >= 15 is 0 Å². The molecule has 0 spiro atoms. The fraction of sp³-hybridized carbons (Fsp3) is 0.450. The van der Waals surface area contributed by atoms with Crippen LogP contribution in [0.15, 0.2) is 40.0 Å². The highest BCUT2D eigenvalue weighted by Gasteiger charge is 2.32. The van der Waals surface area contributed by atoms with E-state index in [0.29, 0.717) is 16.5 Å². The zero-order chi connectivity index (χ0) is 19.7. The van der Waals surface area contributed by atoms with Gasteiger partial charge in [0.15, 0.2) is 5.78 Å². The van der Waals surface area contributed by atoms with E-state index in [4.69, 9.17) is 16.0 Å². The molecule has 1 N–H and O–H groups in total. The van der Waals surface area contributed by atoms with Crippen molar-refractivity contribution in [1.82, 2.24) is 10.2 Å². The van der Waals surface area contributed by atoms with E-state index in [1.807, 2.05) is 41.5 Å². The van der Waals surface area contributed by atoms with Crippen LogP contribution in [0.25, 0.3) is 11.5 Å². The van der Waals surface area contributed by atoms with E-state index in [0.717, 1.165) is 5.56 Å². The number of carbonyl (C=O) groups is 1. The third-order valence-electron chi connectivity index (χ3n) is 3.84. The Morgan fingerprint density at radius 1 is 1.04 bits per heavy atom. The first-order valence-electron chi connectivity index (χ1n) is 8.45. The highest BCUT2D eigenvalue weighted by Crippen LogP contribution is 2.32. The number of carbonyl (C=O) groups excluding carboxylic acids is 1. The van der Waals surface area contributed by atoms with Crippen molar-refractivity contribution in [3.05, 3.63) is 46.5 Å². The van der Waals surface area contributed by atoms with Gasteiger partial charge in [-0.1, -0.05) is 53.1 Å². The summed E-state index contributed by atoms with van der Waals surface area (Å²) in [6, 6.07) is 7.04. The predicted octanol–water partition coefficient (Wildman–Crippen LogP) is 5.41. The molecule has 0 aliphatic heterocycles. The van der Waals surface area contributed by atoms with Gasteiger partial charge in [-0.15, -0.1) is 10.2 Å². The van der Waals surface area contributed by atoms with Gasteiger partial charge in [0, 0.05) is 27.0 Å². The maximum Gasteiger partial charge on any atom is 0.247 e. The minimum atomic E-state index is -0.631. The van der Waals surface area contributed by atoms with Gasteiger partial charge in [-0.2, -0.15) is 0 Å². The van der Waals surface area contributed by atoms with Crippen LogP contribution in [0.5, 0.6) is 0 Å². The molecule has 0 bridgehead atoms. The maximum atomic E-state index is 12.8. The molecule has 0 saturated carbocycles. The average Bonchev–Trinajstić information content (AvgIpc) is 2.99. The number of hydrogen-bond donors (Lipinski definition) is 1. The lowest BCUT2D eigenvalue weighted by molar-refractivity contribution is -0.122. The fourth-order valence-corrected chi connectivity index (χ4v) is 2.49. The molecule has 26 heavy (non-hydrogen) atoms. The lowest BCUT2D eigenvalue weighted by atomic mass is 9.80. The van der Waals surface area contributed by atoms with Crippen LogP contribution in [0.4, 0.5) is 0 Å². The van der Waals surface area contributed by atoms with Crippen molar-refractivity contribution in [3.8, 4) is 11.5 Å². The van der Waals surface area contributed by atoms with Gasteiger partial charge in [-0.3, -0.25) is 4.79 Å². The number of allylic oxidation sites excluding steroid dienone is 2. The summed E-state index contributed by atoms with van der Waals surface area (Å²) in [5.41, 5.74) is -0.153. The SMILES string of the molecule is CC(C)(C)C(=O)/C(Cc1nnc(-c2ccc(Cl)cc2)o1)=C(\O)C(C)(C)C. The standard InChI is InChI=1S/C20H25ClN2O3/c1-19(2,3)16(24)14(17(25)20(4,5)6)11-15-22-23-18(26-15)12-7-9-13(21)10-8-12/h7-10,24H,11H2,1-6H3/b16-14-. The first kappa shape index (κ1) is 20.2. The average molecular weight is 377 g/mol. The minimum absolute atomic E-state index is 0.0451. The van der Waals surface area contributed by atoms with Crippen LogP contribution in [0.1, 0.15) is 47.4 Å². The van der Waals surface area contributed by atoms with Gasteiger partial charge in [0.25, 0.3) is 0 Å². The lowest BCUT2D eigenvalue weighted by Crippen LogP contribution is -2.27. The Hall–Kier alpha value is -2.14. The number of Topliss-reactive ketones (excluding diaryl/α,β-unsaturated/α-hetero) is 1. The molecule has 1 aromatic carbocycles. The van der Waals surface area contributed by atoms with Crippen LogP contribution in [-0.2, 0) is 11.2 Å². The zero-order valence-corrected chi connectivity index (χ0v) is 16.8. The normalized spacial score (nSPS) is 13.5. The summed E-state index contributed by atoms with van der Waals surface area (Å²) in [4.78, 5) is 12.8. The summed E-state index contributed by atoms with van der Waals surface area (Å²) >= 11 is 5.89. The third-order valence-corrected chi connectivity index (χ3v) is 4.09.